The van der Waals surface area contributed by atoms with Gasteiger partial charge in [-0.3, -0.25) is 0 Å². The third-order valence-electron chi connectivity index (χ3n) is 2.41. The van der Waals surface area contributed by atoms with Crippen LogP contribution < -0.4 is 0 Å². The molecule has 94 valence electrons. The largest absolute Gasteiger partial charge is 0.207 e. The molecule has 2 rings (SSSR count). The Morgan fingerprint density at radius 2 is 1.56 bits per heavy atom. The molecule has 0 amide bonds. The molecule has 0 aliphatic heterocycles. The third-order valence-corrected chi connectivity index (χ3v) is 3.93. The van der Waals surface area contributed by atoms with Gasteiger partial charge in [-0.1, -0.05) is 37.9 Å². The van der Waals surface area contributed by atoms with Gasteiger partial charge in [-0.15, -0.1) is 0 Å². The SMILES string of the molecule is Fc1cc(Br)cc(C(Br)c2ccc(F)c(F)c2)c1. The fourth-order valence-corrected chi connectivity index (χ4v) is 2.62. The zero-order chi connectivity index (χ0) is 13.3. The van der Waals surface area contributed by atoms with E-state index in [1.807, 2.05) is 0 Å². The second-order valence-electron chi connectivity index (χ2n) is 3.74. The molecule has 0 N–H and O–H groups in total. The molecule has 0 nitrogen and oxygen atoms in total. The van der Waals surface area contributed by atoms with E-state index in [0.717, 1.165) is 12.1 Å². The molecule has 0 bridgehead atoms. The van der Waals surface area contributed by atoms with Gasteiger partial charge < -0.3 is 0 Å². The predicted molar refractivity (Wildman–Crippen MR) is 71.2 cm³/mol. The quantitative estimate of drug-likeness (QED) is 0.617. The highest BCUT2D eigenvalue weighted by Crippen LogP contribution is 2.33. The maximum atomic E-state index is 13.3. The Bertz CT molecular complexity index is 564. The van der Waals surface area contributed by atoms with E-state index in [0.29, 0.717) is 15.6 Å². The highest BCUT2D eigenvalue weighted by Gasteiger charge is 2.14. The van der Waals surface area contributed by atoms with Crippen LogP contribution in [0.25, 0.3) is 0 Å². The van der Waals surface area contributed by atoms with Gasteiger partial charge in [0.15, 0.2) is 11.6 Å². The van der Waals surface area contributed by atoms with Crippen molar-refractivity contribution in [3.05, 3.63) is 69.4 Å². The van der Waals surface area contributed by atoms with Gasteiger partial charge in [0.25, 0.3) is 0 Å². The Morgan fingerprint density at radius 1 is 0.833 bits per heavy atom. The van der Waals surface area contributed by atoms with E-state index < -0.39 is 22.3 Å². The molecule has 0 heterocycles. The van der Waals surface area contributed by atoms with E-state index in [9.17, 15) is 13.2 Å². The first kappa shape index (κ1) is 13.6. The van der Waals surface area contributed by atoms with Gasteiger partial charge in [0.2, 0.25) is 0 Å². The number of hydrogen-bond acceptors (Lipinski definition) is 0. The zero-order valence-corrected chi connectivity index (χ0v) is 12.1. The summed E-state index contributed by atoms with van der Waals surface area (Å²) >= 11 is 6.53. The van der Waals surface area contributed by atoms with Crippen LogP contribution in [-0.2, 0) is 0 Å². The van der Waals surface area contributed by atoms with Gasteiger partial charge in [0.1, 0.15) is 5.82 Å². The topological polar surface area (TPSA) is 0 Å². The van der Waals surface area contributed by atoms with Crippen LogP contribution in [0.4, 0.5) is 13.2 Å². The molecule has 18 heavy (non-hydrogen) atoms. The smallest absolute Gasteiger partial charge is 0.159 e. The first-order valence-electron chi connectivity index (χ1n) is 5.02. The Balaban J connectivity index is 2.40. The summed E-state index contributed by atoms with van der Waals surface area (Å²) < 4.78 is 39.8. The second-order valence-corrected chi connectivity index (χ2v) is 5.57. The van der Waals surface area contributed by atoms with Crippen LogP contribution in [0.5, 0.6) is 0 Å². The standard InChI is InChI=1S/C13H7Br2F3/c14-9-3-8(4-10(16)6-9)13(15)7-1-2-11(17)12(18)5-7/h1-6,13H. The van der Waals surface area contributed by atoms with E-state index in [2.05, 4.69) is 31.9 Å². The molecule has 0 aliphatic carbocycles. The van der Waals surface area contributed by atoms with Gasteiger partial charge >= 0.3 is 0 Å². The normalized spacial score (nSPS) is 12.5. The summed E-state index contributed by atoms with van der Waals surface area (Å²) in [5, 5.41) is 0. The summed E-state index contributed by atoms with van der Waals surface area (Å²) in [6, 6.07) is 7.97. The minimum Gasteiger partial charge on any atom is -0.207 e. The molecule has 0 fully saturated rings. The van der Waals surface area contributed by atoms with E-state index >= 15 is 0 Å². The first-order chi connectivity index (χ1) is 8.47. The van der Waals surface area contributed by atoms with Crippen LogP contribution in [0.2, 0.25) is 0 Å². The lowest BCUT2D eigenvalue weighted by atomic mass is 10.0. The summed E-state index contributed by atoms with van der Waals surface area (Å²) in [5.74, 6) is -2.22. The molecule has 0 radical (unpaired) electrons. The summed E-state index contributed by atoms with van der Waals surface area (Å²) in [7, 11) is 0. The van der Waals surface area contributed by atoms with Crippen molar-refractivity contribution in [2.75, 3.05) is 0 Å². The van der Waals surface area contributed by atoms with Crippen molar-refractivity contribution < 1.29 is 13.2 Å². The van der Waals surface area contributed by atoms with E-state index in [1.54, 1.807) is 6.07 Å². The van der Waals surface area contributed by atoms with Crippen molar-refractivity contribution in [3.8, 4) is 0 Å². The number of alkyl halides is 1. The van der Waals surface area contributed by atoms with Crippen molar-refractivity contribution in [2.45, 2.75) is 4.83 Å². The Kier molecular flexibility index (Phi) is 4.12. The van der Waals surface area contributed by atoms with Crippen LogP contribution in [0, 0.1) is 17.5 Å². The number of rotatable bonds is 2. The molecule has 0 aliphatic rings. The van der Waals surface area contributed by atoms with Crippen LogP contribution in [0.3, 0.4) is 0 Å². The van der Waals surface area contributed by atoms with Gasteiger partial charge in [0.05, 0.1) is 4.83 Å². The monoisotopic (exact) mass is 378 g/mol. The second kappa shape index (κ2) is 5.45. The van der Waals surface area contributed by atoms with Gasteiger partial charge in [0, 0.05) is 4.47 Å². The van der Waals surface area contributed by atoms with Crippen LogP contribution >= 0.6 is 31.9 Å². The van der Waals surface area contributed by atoms with Crippen molar-refractivity contribution in [2.24, 2.45) is 0 Å². The average Bonchev–Trinajstić information content (AvgIpc) is 2.30. The summed E-state index contributed by atoms with van der Waals surface area (Å²) in [6.07, 6.45) is 0. The molecule has 1 unspecified atom stereocenters. The molecule has 2 aromatic rings. The fraction of sp³-hybridized carbons (Fsp3) is 0.0769. The number of benzene rings is 2. The van der Waals surface area contributed by atoms with Crippen molar-refractivity contribution in [3.63, 3.8) is 0 Å². The molecular weight excluding hydrogens is 373 g/mol. The van der Waals surface area contributed by atoms with Gasteiger partial charge in [-0.2, -0.15) is 0 Å². The maximum Gasteiger partial charge on any atom is 0.159 e. The molecule has 0 spiro atoms. The van der Waals surface area contributed by atoms with Gasteiger partial charge in [-0.25, -0.2) is 13.2 Å². The minimum absolute atomic E-state index is 0.397. The molecule has 2 aromatic carbocycles. The van der Waals surface area contributed by atoms with Crippen LogP contribution in [-0.4, -0.2) is 0 Å². The summed E-state index contributed by atoms with van der Waals surface area (Å²) in [5.41, 5.74) is 1.14. The lowest BCUT2D eigenvalue weighted by molar-refractivity contribution is 0.507. The first-order valence-corrected chi connectivity index (χ1v) is 6.73. The number of halogens is 5. The zero-order valence-electron chi connectivity index (χ0n) is 8.93. The Morgan fingerprint density at radius 3 is 2.17 bits per heavy atom. The summed E-state index contributed by atoms with van der Waals surface area (Å²) in [6.45, 7) is 0. The molecule has 5 heteroatoms. The average molecular weight is 380 g/mol. The fourth-order valence-electron chi connectivity index (χ4n) is 1.58. The predicted octanol–water partition coefficient (Wildman–Crippen LogP) is 5.35. The van der Waals surface area contributed by atoms with E-state index in [1.165, 1.54) is 18.2 Å². The molecule has 1 atom stereocenters. The Labute approximate surface area is 119 Å². The lowest BCUT2D eigenvalue weighted by Gasteiger charge is -2.11. The van der Waals surface area contributed by atoms with Crippen molar-refractivity contribution in [1.82, 2.24) is 0 Å². The van der Waals surface area contributed by atoms with Crippen molar-refractivity contribution >= 4 is 31.9 Å². The maximum absolute atomic E-state index is 13.3. The molecule has 0 saturated heterocycles. The van der Waals surface area contributed by atoms with Crippen LogP contribution in [0.1, 0.15) is 16.0 Å². The van der Waals surface area contributed by atoms with Gasteiger partial charge in [-0.05, 0) is 41.5 Å². The van der Waals surface area contributed by atoms with E-state index in [4.69, 9.17) is 0 Å². The van der Waals surface area contributed by atoms with Crippen LogP contribution in [0.15, 0.2) is 40.9 Å². The third kappa shape index (κ3) is 2.95. The Hall–Kier alpha value is -0.810. The molecule has 0 saturated carbocycles. The molecule has 0 aromatic heterocycles. The number of hydrogen-bond donors (Lipinski definition) is 0. The summed E-state index contributed by atoms with van der Waals surface area (Å²) in [4.78, 5) is -0.403. The lowest BCUT2D eigenvalue weighted by Crippen LogP contribution is -1.96. The highest BCUT2D eigenvalue weighted by atomic mass is 79.9. The van der Waals surface area contributed by atoms with E-state index in [-0.39, 0.29) is 0 Å². The minimum atomic E-state index is -0.924. The highest BCUT2D eigenvalue weighted by molar-refractivity contribution is 9.10. The van der Waals surface area contributed by atoms with Crippen molar-refractivity contribution in [1.29, 1.82) is 0 Å². The molecular formula is C13H7Br2F3.